The summed E-state index contributed by atoms with van der Waals surface area (Å²) in [5.74, 6) is -0.0477. The fourth-order valence-electron chi connectivity index (χ4n) is 3.52. The molecule has 1 aromatic rings. The molecule has 2 unspecified atom stereocenters. The molecule has 0 aliphatic carbocycles. The largest absolute Gasteiger partial charge is 0.415 e. The van der Waals surface area contributed by atoms with Crippen molar-refractivity contribution in [1.29, 1.82) is 0 Å². The molecule has 6 heteroatoms. The molecule has 0 aliphatic heterocycles. The number of hydrogen-bond acceptors (Lipinski definition) is 3. The van der Waals surface area contributed by atoms with Gasteiger partial charge in [0, 0.05) is 5.56 Å². The second-order valence-corrected chi connectivity index (χ2v) is 19.5. The fourth-order valence-corrected chi connectivity index (χ4v) is 5.39. The Morgan fingerprint density at radius 2 is 1.45 bits per heavy atom. The van der Waals surface area contributed by atoms with E-state index in [0.717, 1.165) is 12.8 Å². The summed E-state index contributed by atoms with van der Waals surface area (Å²) >= 11 is 0. The van der Waals surface area contributed by atoms with Gasteiger partial charge in [0.2, 0.25) is 0 Å². The lowest BCUT2D eigenvalue weighted by Crippen LogP contribution is -2.51. The van der Waals surface area contributed by atoms with Gasteiger partial charge in [-0.25, -0.2) is 0 Å². The first kappa shape index (κ1) is 28.1. The van der Waals surface area contributed by atoms with Crippen LogP contribution in [0.15, 0.2) is 30.3 Å². The topological polar surface area (TPSA) is 47.6 Å². The van der Waals surface area contributed by atoms with Crippen molar-refractivity contribution in [2.75, 3.05) is 6.61 Å². The number of amides is 1. The summed E-state index contributed by atoms with van der Waals surface area (Å²) in [5.41, 5.74) is 0.684. The Labute approximate surface area is 193 Å². The molecule has 1 amide bonds. The minimum atomic E-state index is -1.77. The summed E-state index contributed by atoms with van der Waals surface area (Å²) in [7, 11) is -3.48. The molecule has 0 saturated heterocycles. The molecule has 178 valence electrons. The van der Waals surface area contributed by atoms with Crippen LogP contribution in [-0.2, 0) is 8.85 Å². The highest BCUT2D eigenvalue weighted by atomic mass is 28.4. The van der Waals surface area contributed by atoms with E-state index in [1.807, 2.05) is 30.3 Å². The van der Waals surface area contributed by atoms with Crippen LogP contribution in [0.1, 0.15) is 68.6 Å². The lowest BCUT2D eigenvalue weighted by molar-refractivity contribution is 0.0748. The summed E-state index contributed by atoms with van der Waals surface area (Å²) < 4.78 is 12.9. The predicted octanol–water partition coefficient (Wildman–Crippen LogP) is 7.00. The van der Waals surface area contributed by atoms with E-state index in [9.17, 15) is 4.79 Å². The third-order valence-corrected chi connectivity index (χ3v) is 7.14. The Balaban J connectivity index is 2.83. The number of rotatable bonds is 16. The SMILES string of the molecule is CCCCCCCCCC(O[Si](C)(C)C)C(CO[Si](C)(C)C)NC(=O)c1ccccc1. The van der Waals surface area contributed by atoms with Gasteiger partial charge in [0.05, 0.1) is 18.8 Å². The smallest absolute Gasteiger partial charge is 0.251 e. The number of unbranched alkanes of at least 4 members (excludes halogenated alkanes) is 6. The molecule has 0 aliphatic rings. The van der Waals surface area contributed by atoms with Crippen LogP contribution in [0.25, 0.3) is 0 Å². The first-order chi connectivity index (χ1) is 14.5. The van der Waals surface area contributed by atoms with Crippen LogP contribution in [0, 0.1) is 0 Å². The standard InChI is InChI=1S/C25H47NO3Si2/c1-8-9-10-11-12-13-17-20-24(29-31(5,6)7)23(21-28-30(2,3)4)26-25(27)22-18-15-14-16-19-22/h14-16,18-19,23-24H,8-13,17,20-21H2,1-7H3,(H,26,27). The zero-order valence-corrected chi connectivity index (χ0v) is 23.1. The van der Waals surface area contributed by atoms with Crippen molar-refractivity contribution in [3.8, 4) is 0 Å². The Morgan fingerprint density at radius 1 is 0.871 bits per heavy atom. The quantitative estimate of drug-likeness (QED) is 0.211. The van der Waals surface area contributed by atoms with E-state index in [1.54, 1.807) is 0 Å². The van der Waals surface area contributed by atoms with E-state index in [2.05, 4.69) is 51.5 Å². The number of benzene rings is 1. The monoisotopic (exact) mass is 465 g/mol. The molecule has 0 aromatic heterocycles. The van der Waals surface area contributed by atoms with E-state index in [-0.39, 0.29) is 18.1 Å². The summed E-state index contributed by atoms with van der Waals surface area (Å²) in [6.07, 6.45) is 9.88. The molecule has 4 nitrogen and oxygen atoms in total. The molecule has 0 radical (unpaired) electrons. The molecule has 0 saturated carbocycles. The highest BCUT2D eigenvalue weighted by molar-refractivity contribution is 6.70. The zero-order valence-electron chi connectivity index (χ0n) is 21.1. The number of nitrogens with one attached hydrogen (secondary N) is 1. The van der Waals surface area contributed by atoms with Crippen molar-refractivity contribution in [1.82, 2.24) is 5.32 Å². The Kier molecular flexibility index (Phi) is 12.9. The van der Waals surface area contributed by atoms with Crippen LogP contribution in [0.4, 0.5) is 0 Å². The van der Waals surface area contributed by atoms with Gasteiger partial charge in [-0.2, -0.15) is 0 Å². The normalized spacial score (nSPS) is 14.3. The maximum absolute atomic E-state index is 12.9. The number of hydrogen-bond donors (Lipinski definition) is 1. The molecular weight excluding hydrogens is 418 g/mol. The van der Waals surface area contributed by atoms with Crippen molar-refractivity contribution in [3.63, 3.8) is 0 Å². The van der Waals surface area contributed by atoms with Gasteiger partial charge in [-0.3, -0.25) is 4.79 Å². The van der Waals surface area contributed by atoms with E-state index in [4.69, 9.17) is 8.85 Å². The van der Waals surface area contributed by atoms with Gasteiger partial charge in [-0.1, -0.05) is 70.1 Å². The minimum absolute atomic E-state index is 0.00804. The second-order valence-electron chi connectivity index (χ2n) is 10.5. The first-order valence-corrected chi connectivity index (χ1v) is 19.0. The molecule has 1 aromatic carbocycles. The van der Waals surface area contributed by atoms with E-state index >= 15 is 0 Å². The minimum Gasteiger partial charge on any atom is -0.415 e. The molecule has 1 N–H and O–H groups in total. The van der Waals surface area contributed by atoms with Crippen LogP contribution in [-0.4, -0.2) is 41.3 Å². The van der Waals surface area contributed by atoms with Crippen LogP contribution in [0.5, 0.6) is 0 Å². The molecule has 0 bridgehead atoms. The summed E-state index contributed by atoms with van der Waals surface area (Å²) in [5, 5.41) is 3.25. The van der Waals surface area contributed by atoms with Crippen molar-refractivity contribution in [3.05, 3.63) is 35.9 Å². The van der Waals surface area contributed by atoms with Crippen LogP contribution < -0.4 is 5.32 Å². The van der Waals surface area contributed by atoms with Crippen molar-refractivity contribution < 1.29 is 13.6 Å². The highest BCUT2D eigenvalue weighted by Crippen LogP contribution is 2.20. The molecule has 31 heavy (non-hydrogen) atoms. The van der Waals surface area contributed by atoms with E-state index < -0.39 is 16.6 Å². The lowest BCUT2D eigenvalue weighted by Gasteiger charge is -2.34. The van der Waals surface area contributed by atoms with Crippen LogP contribution in [0.3, 0.4) is 0 Å². The average molecular weight is 466 g/mol. The Morgan fingerprint density at radius 3 is 2.00 bits per heavy atom. The van der Waals surface area contributed by atoms with Crippen molar-refractivity contribution >= 4 is 22.5 Å². The van der Waals surface area contributed by atoms with Gasteiger partial charge in [-0.05, 0) is 57.8 Å². The Hall–Kier alpha value is -0.956. The second kappa shape index (κ2) is 14.2. The molecule has 2 atom stereocenters. The molecule has 0 fully saturated rings. The highest BCUT2D eigenvalue weighted by Gasteiger charge is 2.30. The summed E-state index contributed by atoms with van der Waals surface area (Å²) in [6.45, 7) is 16.0. The fraction of sp³-hybridized carbons (Fsp3) is 0.720. The maximum atomic E-state index is 12.9. The average Bonchev–Trinajstić information content (AvgIpc) is 2.68. The molecule has 0 spiro atoms. The Bertz CT molecular complexity index is 611. The van der Waals surface area contributed by atoms with Crippen molar-refractivity contribution in [2.45, 2.75) is 110 Å². The number of carbonyl (C=O) groups excluding carboxylic acids is 1. The van der Waals surface area contributed by atoms with Gasteiger partial charge in [0.15, 0.2) is 16.6 Å². The van der Waals surface area contributed by atoms with Crippen LogP contribution in [0.2, 0.25) is 39.3 Å². The van der Waals surface area contributed by atoms with Gasteiger partial charge >= 0.3 is 0 Å². The molecular formula is C25H47NO3Si2. The van der Waals surface area contributed by atoms with Gasteiger partial charge < -0.3 is 14.2 Å². The number of carbonyl (C=O) groups is 1. The molecule has 0 heterocycles. The zero-order chi connectivity index (χ0) is 23.3. The lowest BCUT2D eigenvalue weighted by atomic mass is 10.0. The van der Waals surface area contributed by atoms with Gasteiger partial charge in [0.25, 0.3) is 5.91 Å². The predicted molar refractivity (Wildman–Crippen MR) is 138 cm³/mol. The third kappa shape index (κ3) is 13.9. The van der Waals surface area contributed by atoms with Gasteiger partial charge in [-0.15, -0.1) is 0 Å². The van der Waals surface area contributed by atoms with Crippen molar-refractivity contribution in [2.24, 2.45) is 0 Å². The van der Waals surface area contributed by atoms with Gasteiger partial charge in [0.1, 0.15) is 0 Å². The summed E-state index contributed by atoms with van der Waals surface area (Å²) in [6, 6.07) is 9.31. The van der Waals surface area contributed by atoms with E-state index in [1.165, 1.54) is 38.5 Å². The van der Waals surface area contributed by atoms with Crippen LogP contribution >= 0.6 is 0 Å². The molecule has 1 rings (SSSR count). The third-order valence-electron chi connectivity index (χ3n) is 5.09. The first-order valence-electron chi connectivity index (χ1n) is 12.2. The summed E-state index contributed by atoms with van der Waals surface area (Å²) in [4.78, 5) is 12.9. The maximum Gasteiger partial charge on any atom is 0.251 e. The van der Waals surface area contributed by atoms with E-state index in [0.29, 0.717) is 12.2 Å².